The van der Waals surface area contributed by atoms with Crippen molar-refractivity contribution in [1.29, 1.82) is 0 Å². The zero-order chi connectivity index (χ0) is 14.0. The Morgan fingerprint density at radius 2 is 2.10 bits per heavy atom. The molecule has 106 valence electrons. The van der Waals surface area contributed by atoms with E-state index < -0.39 is 0 Å². The Labute approximate surface area is 120 Å². The zero-order valence-corrected chi connectivity index (χ0v) is 12.0. The van der Waals surface area contributed by atoms with Gasteiger partial charge in [-0.3, -0.25) is 4.68 Å². The summed E-state index contributed by atoms with van der Waals surface area (Å²) in [6.07, 6.45) is 7.48. The average molecular weight is 270 g/mol. The van der Waals surface area contributed by atoms with Gasteiger partial charge in [0.05, 0.1) is 5.69 Å². The lowest BCUT2D eigenvalue weighted by molar-refractivity contribution is 0.247. The molecule has 1 aliphatic carbocycles. The maximum absolute atomic E-state index is 6.80. The third-order valence-corrected chi connectivity index (χ3v) is 4.44. The lowest BCUT2D eigenvalue weighted by atomic mass is 9.68. The second-order valence-corrected chi connectivity index (χ2v) is 6.00. The summed E-state index contributed by atoms with van der Waals surface area (Å²) in [5, 5.41) is 8.24. The minimum atomic E-state index is -0.199. The van der Waals surface area contributed by atoms with Crippen LogP contribution in [0.5, 0.6) is 0 Å². The molecule has 4 heteroatoms. The maximum atomic E-state index is 6.80. The fourth-order valence-electron chi connectivity index (χ4n) is 3.47. The first kappa shape index (κ1) is 13.3. The summed E-state index contributed by atoms with van der Waals surface area (Å²) in [6.45, 7) is 0. The maximum Gasteiger partial charge on any atom is 0.0845 e. The molecule has 1 saturated carbocycles. The van der Waals surface area contributed by atoms with Crippen molar-refractivity contribution in [2.75, 3.05) is 0 Å². The summed E-state index contributed by atoms with van der Waals surface area (Å²) < 4.78 is 1.75. The van der Waals surface area contributed by atoms with Crippen molar-refractivity contribution in [1.82, 2.24) is 15.0 Å². The van der Waals surface area contributed by atoms with E-state index in [1.807, 2.05) is 13.2 Å². The SMILES string of the molecule is Cn1cc(CC2(N)CCCCC2c2ccccc2)nn1. The van der Waals surface area contributed by atoms with Crippen LogP contribution in [-0.4, -0.2) is 20.5 Å². The summed E-state index contributed by atoms with van der Waals surface area (Å²) in [6, 6.07) is 10.7. The highest BCUT2D eigenvalue weighted by Gasteiger charge is 2.38. The van der Waals surface area contributed by atoms with Crippen LogP contribution < -0.4 is 5.73 Å². The minimum absolute atomic E-state index is 0.199. The van der Waals surface area contributed by atoms with Crippen LogP contribution >= 0.6 is 0 Å². The molecule has 3 rings (SSSR count). The van der Waals surface area contributed by atoms with Gasteiger partial charge in [-0.15, -0.1) is 5.10 Å². The fourth-order valence-corrected chi connectivity index (χ4v) is 3.47. The van der Waals surface area contributed by atoms with Gasteiger partial charge in [0.15, 0.2) is 0 Å². The summed E-state index contributed by atoms with van der Waals surface area (Å²) in [5.41, 5.74) is 8.96. The van der Waals surface area contributed by atoms with Crippen molar-refractivity contribution in [3.05, 3.63) is 47.8 Å². The molecule has 1 fully saturated rings. The predicted octanol–water partition coefficient (Wildman–Crippen LogP) is 2.41. The molecule has 0 saturated heterocycles. The number of rotatable bonds is 3. The van der Waals surface area contributed by atoms with E-state index >= 15 is 0 Å². The van der Waals surface area contributed by atoms with E-state index in [0.717, 1.165) is 18.5 Å². The molecule has 2 unspecified atom stereocenters. The Balaban J connectivity index is 1.87. The Morgan fingerprint density at radius 1 is 1.30 bits per heavy atom. The second-order valence-electron chi connectivity index (χ2n) is 6.00. The molecular weight excluding hydrogens is 248 g/mol. The van der Waals surface area contributed by atoms with E-state index in [2.05, 4.69) is 40.6 Å². The van der Waals surface area contributed by atoms with Crippen LogP contribution in [0.15, 0.2) is 36.5 Å². The Hall–Kier alpha value is -1.68. The van der Waals surface area contributed by atoms with Crippen molar-refractivity contribution in [2.24, 2.45) is 12.8 Å². The number of nitrogens with zero attached hydrogens (tertiary/aromatic N) is 3. The van der Waals surface area contributed by atoms with E-state index in [-0.39, 0.29) is 5.54 Å². The highest BCUT2D eigenvalue weighted by molar-refractivity contribution is 5.26. The highest BCUT2D eigenvalue weighted by atomic mass is 15.4. The molecule has 1 aromatic heterocycles. The van der Waals surface area contributed by atoms with Crippen LogP contribution in [0.2, 0.25) is 0 Å². The van der Waals surface area contributed by atoms with Gasteiger partial charge in [0.25, 0.3) is 0 Å². The molecule has 0 spiro atoms. The largest absolute Gasteiger partial charge is 0.324 e. The second kappa shape index (κ2) is 5.37. The monoisotopic (exact) mass is 270 g/mol. The van der Waals surface area contributed by atoms with Gasteiger partial charge in [0.1, 0.15) is 0 Å². The first-order valence-corrected chi connectivity index (χ1v) is 7.36. The van der Waals surface area contributed by atoms with Crippen LogP contribution in [-0.2, 0) is 13.5 Å². The summed E-state index contributed by atoms with van der Waals surface area (Å²) >= 11 is 0. The minimum Gasteiger partial charge on any atom is -0.324 e. The van der Waals surface area contributed by atoms with Gasteiger partial charge in [-0.05, 0) is 18.4 Å². The summed E-state index contributed by atoms with van der Waals surface area (Å²) in [5.74, 6) is 0.416. The van der Waals surface area contributed by atoms with E-state index in [0.29, 0.717) is 5.92 Å². The van der Waals surface area contributed by atoms with Crippen LogP contribution in [0, 0.1) is 0 Å². The van der Waals surface area contributed by atoms with Gasteiger partial charge in [-0.2, -0.15) is 0 Å². The molecule has 2 N–H and O–H groups in total. The number of aromatic nitrogens is 3. The first-order chi connectivity index (χ1) is 9.67. The van der Waals surface area contributed by atoms with Crippen molar-refractivity contribution in [3.8, 4) is 0 Å². The molecule has 1 aliphatic rings. The lowest BCUT2D eigenvalue weighted by Crippen LogP contribution is -2.49. The predicted molar refractivity (Wildman–Crippen MR) is 79.3 cm³/mol. The zero-order valence-electron chi connectivity index (χ0n) is 12.0. The number of hydrogen-bond acceptors (Lipinski definition) is 3. The van der Waals surface area contributed by atoms with Gasteiger partial charge >= 0.3 is 0 Å². The topological polar surface area (TPSA) is 56.7 Å². The Bertz CT molecular complexity index is 563. The van der Waals surface area contributed by atoms with E-state index in [4.69, 9.17) is 5.73 Å². The van der Waals surface area contributed by atoms with Crippen molar-refractivity contribution >= 4 is 0 Å². The van der Waals surface area contributed by atoms with E-state index in [9.17, 15) is 0 Å². The van der Waals surface area contributed by atoms with Gasteiger partial charge in [0, 0.05) is 31.1 Å². The van der Waals surface area contributed by atoms with Crippen LogP contribution in [0.1, 0.15) is 42.9 Å². The molecular formula is C16H22N4. The molecule has 1 heterocycles. The highest BCUT2D eigenvalue weighted by Crippen LogP contribution is 2.40. The molecule has 0 bridgehead atoms. The number of benzene rings is 1. The van der Waals surface area contributed by atoms with Gasteiger partial charge in [-0.25, -0.2) is 0 Å². The van der Waals surface area contributed by atoms with Gasteiger partial charge in [0.2, 0.25) is 0 Å². The molecule has 0 aliphatic heterocycles. The van der Waals surface area contributed by atoms with E-state index in [1.54, 1.807) is 4.68 Å². The standard InChI is InChI=1S/C16H22N4/c1-20-12-14(18-19-20)11-16(17)10-6-5-9-15(16)13-7-3-2-4-8-13/h2-4,7-8,12,15H,5-6,9-11,17H2,1H3. The number of nitrogens with two attached hydrogens (primary N) is 1. The Morgan fingerprint density at radius 3 is 2.80 bits per heavy atom. The number of aryl methyl sites for hydroxylation is 1. The van der Waals surface area contributed by atoms with Crippen LogP contribution in [0.25, 0.3) is 0 Å². The smallest absolute Gasteiger partial charge is 0.0845 e. The summed E-state index contributed by atoms with van der Waals surface area (Å²) in [7, 11) is 1.90. The molecule has 0 amide bonds. The van der Waals surface area contributed by atoms with Crippen LogP contribution in [0.4, 0.5) is 0 Å². The normalized spacial score (nSPS) is 26.6. The molecule has 2 aromatic rings. The molecule has 4 nitrogen and oxygen atoms in total. The lowest BCUT2D eigenvalue weighted by Gasteiger charge is -2.41. The quantitative estimate of drug-likeness (QED) is 0.931. The average Bonchev–Trinajstić information content (AvgIpc) is 2.85. The molecule has 1 aromatic carbocycles. The molecule has 0 radical (unpaired) electrons. The van der Waals surface area contributed by atoms with Crippen LogP contribution in [0.3, 0.4) is 0 Å². The molecule has 2 atom stereocenters. The number of hydrogen-bond donors (Lipinski definition) is 1. The third kappa shape index (κ3) is 2.61. The molecule has 20 heavy (non-hydrogen) atoms. The third-order valence-electron chi connectivity index (χ3n) is 4.44. The van der Waals surface area contributed by atoms with Crippen molar-refractivity contribution < 1.29 is 0 Å². The fraction of sp³-hybridized carbons (Fsp3) is 0.500. The van der Waals surface area contributed by atoms with E-state index in [1.165, 1.54) is 24.8 Å². The summed E-state index contributed by atoms with van der Waals surface area (Å²) in [4.78, 5) is 0. The van der Waals surface area contributed by atoms with Crippen molar-refractivity contribution in [3.63, 3.8) is 0 Å². The van der Waals surface area contributed by atoms with Crippen molar-refractivity contribution in [2.45, 2.75) is 43.6 Å². The Kier molecular flexibility index (Phi) is 3.57. The van der Waals surface area contributed by atoms with Gasteiger partial charge < -0.3 is 5.73 Å². The first-order valence-electron chi connectivity index (χ1n) is 7.36. The van der Waals surface area contributed by atoms with Gasteiger partial charge in [-0.1, -0.05) is 48.4 Å².